The molecule has 1 heterocycles. The van der Waals surface area contributed by atoms with Crippen LogP contribution in [0.1, 0.15) is 22.3 Å². The van der Waals surface area contributed by atoms with Gasteiger partial charge in [0.05, 0.1) is 0 Å². The molecule has 0 unspecified atom stereocenters. The van der Waals surface area contributed by atoms with Crippen molar-refractivity contribution in [2.24, 2.45) is 7.05 Å². The third kappa shape index (κ3) is 2.52. The van der Waals surface area contributed by atoms with Crippen molar-refractivity contribution in [2.75, 3.05) is 5.73 Å². The Hall–Kier alpha value is -2.48. The van der Waals surface area contributed by atoms with E-state index in [4.69, 9.17) is 15.7 Å². The summed E-state index contributed by atoms with van der Waals surface area (Å²) in [5.41, 5.74) is 9.41. The number of hydrogen-bond acceptors (Lipinski definition) is 4. The summed E-state index contributed by atoms with van der Waals surface area (Å²) < 4.78 is 7.06. The lowest BCUT2D eigenvalue weighted by Gasteiger charge is -2.07. The van der Waals surface area contributed by atoms with Gasteiger partial charge in [-0.3, -0.25) is 0 Å². The summed E-state index contributed by atoms with van der Waals surface area (Å²) in [4.78, 5) is 0. The lowest BCUT2D eigenvalue weighted by molar-refractivity contribution is 0.289. The van der Waals surface area contributed by atoms with Crippen LogP contribution in [-0.4, -0.2) is 9.78 Å². The van der Waals surface area contributed by atoms with Crippen molar-refractivity contribution in [1.29, 1.82) is 5.26 Å². The summed E-state index contributed by atoms with van der Waals surface area (Å²) in [6.45, 7) is 4.43. The number of benzene rings is 1. The van der Waals surface area contributed by atoms with Crippen molar-refractivity contribution in [1.82, 2.24) is 9.78 Å². The number of aryl methyl sites for hydroxylation is 3. The lowest BCUT2D eigenvalue weighted by Crippen LogP contribution is -2.00. The summed E-state index contributed by atoms with van der Waals surface area (Å²) in [6.07, 6.45) is 0. The number of nitrogens with two attached hydrogens (primary N) is 1. The first-order valence-corrected chi connectivity index (χ1v) is 5.94. The molecule has 0 fully saturated rings. The van der Waals surface area contributed by atoms with Crippen molar-refractivity contribution in [2.45, 2.75) is 20.5 Å². The van der Waals surface area contributed by atoms with Crippen molar-refractivity contribution in [3.63, 3.8) is 0 Å². The first-order valence-electron chi connectivity index (χ1n) is 5.94. The zero-order valence-electron chi connectivity index (χ0n) is 11.3. The van der Waals surface area contributed by atoms with Gasteiger partial charge in [0.15, 0.2) is 5.56 Å². The molecule has 5 nitrogen and oxygen atoms in total. The average molecular weight is 256 g/mol. The number of nitriles is 1. The van der Waals surface area contributed by atoms with Crippen molar-refractivity contribution in [3.05, 3.63) is 40.5 Å². The highest BCUT2D eigenvalue weighted by molar-refractivity contribution is 5.55. The third-order valence-corrected chi connectivity index (χ3v) is 3.04. The van der Waals surface area contributed by atoms with Gasteiger partial charge in [0.1, 0.15) is 18.5 Å². The molecule has 1 aromatic carbocycles. The molecule has 0 amide bonds. The summed E-state index contributed by atoms with van der Waals surface area (Å²) in [5, 5.41) is 13.1. The van der Waals surface area contributed by atoms with Gasteiger partial charge in [0.2, 0.25) is 0 Å². The van der Waals surface area contributed by atoms with Crippen LogP contribution in [0.25, 0.3) is 0 Å². The lowest BCUT2D eigenvalue weighted by atomic mass is 10.1. The molecule has 0 atom stereocenters. The zero-order valence-corrected chi connectivity index (χ0v) is 11.3. The minimum atomic E-state index is 0.281. The summed E-state index contributed by atoms with van der Waals surface area (Å²) >= 11 is 0. The molecule has 19 heavy (non-hydrogen) atoms. The standard InChI is InChI=1S/C14H16N4O/c1-9-4-5-10(2)11(6-9)8-19-14-12(7-15)13(16)18(3)17-14/h4-6H,8,16H2,1-3H3. The van der Waals surface area contributed by atoms with E-state index in [1.54, 1.807) is 7.05 Å². The third-order valence-electron chi connectivity index (χ3n) is 3.04. The smallest absolute Gasteiger partial charge is 0.253 e. The Labute approximate surface area is 112 Å². The molecule has 0 spiro atoms. The number of anilines is 1. The molecule has 2 aromatic rings. The second-order valence-corrected chi connectivity index (χ2v) is 4.52. The number of rotatable bonds is 3. The van der Waals surface area contributed by atoms with Crippen LogP contribution >= 0.6 is 0 Å². The Morgan fingerprint density at radius 1 is 1.42 bits per heavy atom. The number of aromatic nitrogens is 2. The summed E-state index contributed by atoms with van der Waals surface area (Å²) in [6, 6.07) is 8.18. The van der Waals surface area contributed by atoms with Crippen LogP contribution in [0, 0.1) is 25.2 Å². The van der Waals surface area contributed by atoms with E-state index < -0.39 is 0 Å². The van der Waals surface area contributed by atoms with Crippen LogP contribution in [0.3, 0.4) is 0 Å². The van der Waals surface area contributed by atoms with Gasteiger partial charge in [-0.15, -0.1) is 5.10 Å². The van der Waals surface area contributed by atoms with E-state index in [0.717, 1.165) is 11.1 Å². The van der Waals surface area contributed by atoms with Gasteiger partial charge in [-0.05, 0) is 25.0 Å². The Morgan fingerprint density at radius 2 is 2.16 bits per heavy atom. The highest BCUT2D eigenvalue weighted by atomic mass is 16.5. The second-order valence-electron chi connectivity index (χ2n) is 4.52. The van der Waals surface area contributed by atoms with Crippen molar-refractivity contribution >= 4 is 5.82 Å². The topological polar surface area (TPSA) is 76.9 Å². The molecule has 0 saturated heterocycles. The van der Waals surface area contributed by atoms with Crippen molar-refractivity contribution < 1.29 is 4.74 Å². The Morgan fingerprint density at radius 3 is 2.84 bits per heavy atom. The molecule has 5 heteroatoms. The van der Waals surface area contributed by atoms with E-state index in [-0.39, 0.29) is 11.4 Å². The van der Waals surface area contributed by atoms with Crippen LogP contribution in [0.15, 0.2) is 18.2 Å². The van der Waals surface area contributed by atoms with Gasteiger partial charge < -0.3 is 10.5 Å². The maximum atomic E-state index is 9.05. The van der Waals surface area contributed by atoms with Gasteiger partial charge in [-0.2, -0.15) is 5.26 Å². The average Bonchev–Trinajstić information content (AvgIpc) is 2.66. The van der Waals surface area contributed by atoms with E-state index in [1.165, 1.54) is 10.2 Å². The highest BCUT2D eigenvalue weighted by Gasteiger charge is 2.15. The SMILES string of the molecule is Cc1ccc(C)c(COc2nn(C)c(N)c2C#N)c1. The van der Waals surface area contributed by atoms with Gasteiger partial charge in [0, 0.05) is 7.05 Å². The molecule has 1 aromatic heterocycles. The van der Waals surface area contributed by atoms with E-state index in [0.29, 0.717) is 12.4 Å². The van der Waals surface area contributed by atoms with E-state index in [1.807, 2.05) is 26.0 Å². The summed E-state index contributed by atoms with van der Waals surface area (Å²) in [5.74, 6) is 0.599. The van der Waals surface area contributed by atoms with Gasteiger partial charge >= 0.3 is 0 Å². The fourth-order valence-electron chi connectivity index (χ4n) is 1.82. The Balaban J connectivity index is 2.22. The predicted molar refractivity (Wildman–Crippen MR) is 72.6 cm³/mol. The maximum absolute atomic E-state index is 9.05. The predicted octanol–water partition coefficient (Wildman–Crippen LogP) is 2.07. The minimum Gasteiger partial charge on any atom is -0.471 e. The summed E-state index contributed by atoms with van der Waals surface area (Å²) in [7, 11) is 1.68. The van der Waals surface area contributed by atoms with Crippen LogP contribution in [0.2, 0.25) is 0 Å². The molecular weight excluding hydrogens is 240 g/mol. The molecule has 2 N–H and O–H groups in total. The fourth-order valence-corrected chi connectivity index (χ4v) is 1.82. The largest absolute Gasteiger partial charge is 0.471 e. The number of ether oxygens (including phenoxy) is 1. The highest BCUT2D eigenvalue weighted by Crippen LogP contribution is 2.23. The molecule has 98 valence electrons. The van der Waals surface area contributed by atoms with Crippen molar-refractivity contribution in [3.8, 4) is 11.9 Å². The molecule has 0 aliphatic carbocycles. The number of nitrogen functional groups attached to an aromatic ring is 1. The molecule has 0 aliphatic rings. The molecule has 2 rings (SSSR count). The van der Waals surface area contributed by atoms with E-state index in [9.17, 15) is 0 Å². The van der Waals surface area contributed by atoms with Crippen LogP contribution in [-0.2, 0) is 13.7 Å². The van der Waals surface area contributed by atoms with Gasteiger partial charge in [-0.1, -0.05) is 23.8 Å². The normalized spacial score (nSPS) is 10.2. The maximum Gasteiger partial charge on any atom is 0.253 e. The molecule has 0 bridgehead atoms. The van der Waals surface area contributed by atoms with E-state index in [2.05, 4.69) is 17.2 Å². The molecule has 0 radical (unpaired) electrons. The second kappa shape index (κ2) is 5.02. The van der Waals surface area contributed by atoms with Gasteiger partial charge in [0.25, 0.3) is 5.88 Å². The number of nitrogens with zero attached hydrogens (tertiary/aromatic N) is 3. The van der Waals surface area contributed by atoms with Crippen LogP contribution in [0.5, 0.6) is 5.88 Å². The number of hydrogen-bond donors (Lipinski definition) is 1. The van der Waals surface area contributed by atoms with Crippen LogP contribution < -0.4 is 10.5 Å². The Kier molecular flexibility index (Phi) is 3.43. The molecular formula is C14H16N4O. The monoisotopic (exact) mass is 256 g/mol. The zero-order chi connectivity index (χ0) is 14.0. The van der Waals surface area contributed by atoms with E-state index >= 15 is 0 Å². The van der Waals surface area contributed by atoms with Gasteiger partial charge in [-0.25, -0.2) is 4.68 Å². The minimum absolute atomic E-state index is 0.281. The first-order chi connectivity index (χ1) is 9.02. The molecule has 0 saturated carbocycles. The molecule has 0 aliphatic heterocycles. The quantitative estimate of drug-likeness (QED) is 0.912. The first kappa shape index (κ1) is 13.0. The fraction of sp³-hybridized carbons (Fsp3) is 0.286. The Bertz CT molecular complexity index is 652. The van der Waals surface area contributed by atoms with Crippen LogP contribution in [0.4, 0.5) is 5.82 Å².